The Labute approximate surface area is 165 Å². The number of benzene rings is 2. The van der Waals surface area contributed by atoms with E-state index in [1.807, 2.05) is 54.6 Å². The monoisotopic (exact) mass is 397 g/mol. The summed E-state index contributed by atoms with van der Waals surface area (Å²) in [6, 6.07) is 18.4. The first kappa shape index (κ1) is 17.5. The van der Waals surface area contributed by atoms with E-state index in [4.69, 9.17) is 32.5 Å². The molecule has 0 N–H and O–H groups in total. The Morgan fingerprint density at radius 3 is 2.37 bits per heavy atom. The molecule has 7 heteroatoms. The van der Waals surface area contributed by atoms with Gasteiger partial charge in [-0.05, 0) is 36.4 Å². The normalized spacial score (nSPS) is 10.8. The standard InChI is InChI=1S/C20H13Cl2N3O2/c1-26-19-15(10-11-17(23-19)12-6-8-13(21)9-7-12)18-24-20(27-25-18)14-4-2-3-5-16(14)22/h2-11H,1H3. The Kier molecular flexibility index (Phi) is 4.79. The lowest BCUT2D eigenvalue weighted by Crippen LogP contribution is -1.95. The molecule has 0 radical (unpaired) electrons. The maximum absolute atomic E-state index is 6.20. The molecular weight excluding hydrogens is 385 g/mol. The molecule has 0 saturated heterocycles. The van der Waals surface area contributed by atoms with Crippen LogP contribution >= 0.6 is 23.2 Å². The summed E-state index contributed by atoms with van der Waals surface area (Å²) >= 11 is 12.1. The molecule has 0 saturated carbocycles. The molecule has 0 unspecified atom stereocenters. The summed E-state index contributed by atoms with van der Waals surface area (Å²) in [4.78, 5) is 8.99. The minimum absolute atomic E-state index is 0.333. The molecule has 0 bridgehead atoms. The Bertz CT molecular complexity index is 1090. The lowest BCUT2D eigenvalue weighted by Gasteiger charge is -2.07. The maximum Gasteiger partial charge on any atom is 0.259 e. The minimum Gasteiger partial charge on any atom is -0.480 e. The topological polar surface area (TPSA) is 61.0 Å². The second-order valence-corrected chi connectivity index (χ2v) is 6.51. The Morgan fingerprint density at radius 1 is 0.852 bits per heavy atom. The summed E-state index contributed by atoms with van der Waals surface area (Å²) in [6.07, 6.45) is 0. The Balaban J connectivity index is 1.72. The maximum atomic E-state index is 6.20. The highest BCUT2D eigenvalue weighted by Crippen LogP contribution is 2.32. The van der Waals surface area contributed by atoms with Crippen molar-refractivity contribution in [2.75, 3.05) is 7.11 Å². The summed E-state index contributed by atoms with van der Waals surface area (Å²) in [5.74, 6) is 1.10. The molecule has 4 aromatic rings. The van der Waals surface area contributed by atoms with Gasteiger partial charge in [0.1, 0.15) is 0 Å². The predicted molar refractivity (Wildman–Crippen MR) is 105 cm³/mol. The van der Waals surface area contributed by atoms with Gasteiger partial charge >= 0.3 is 0 Å². The van der Waals surface area contributed by atoms with Crippen LogP contribution in [0.15, 0.2) is 65.2 Å². The lowest BCUT2D eigenvalue weighted by atomic mass is 10.1. The van der Waals surface area contributed by atoms with Gasteiger partial charge in [0.25, 0.3) is 5.89 Å². The van der Waals surface area contributed by atoms with E-state index in [2.05, 4.69) is 15.1 Å². The van der Waals surface area contributed by atoms with Gasteiger partial charge in [-0.2, -0.15) is 4.98 Å². The van der Waals surface area contributed by atoms with Crippen molar-refractivity contribution in [2.45, 2.75) is 0 Å². The zero-order chi connectivity index (χ0) is 18.8. The van der Waals surface area contributed by atoms with Crippen LogP contribution < -0.4 is 4.74 Å². The van der Waals surface area contributed by atoms with E-state index in [1.54, 1.807) is 13.2 Å². The first-order valence-electron chi connectivity index (χ1n) is 8.05. The third-order valence-electron chi connectivity index (χ3n) is 3.96. The van der Waals surface area contributed by atoms with Gasteiger partial charge in [0, 0.05) is 10.6 Å². The number of methoxy groups -OCH3 is 1. The fourth-order valence-electron chi connectivity index (χ4n) is 2.62. The molecule has 5 nitrogen and oxygen atoms in total. The van der Waals surface area contributed by atoms with Crippen LogP contribution in [-0.4, -0.2) is 22.2 Å². The zero-order valence-electron chi connectivity index (χ0n) is 14.2. The van der Waals surface area contributed by atoms with Crippen LogP contribution in [0.4, 0.5) is 0 Å². The van der Waals surface area contributed by atoms with Crippen molar-refractivity contribution in [3.8, 4) is 40.0 Å². The van der Waals surface area contributed by atoms with Gasteiger partial charge in [-0.25, -0.2) is 4.98 Å². The zero-order valence-corrected chi connectivity index (χ0v) is 15.7. The molecule has 0 aliphatic rings. The van der Waals surface area contributed by atoms with Crippen LogP contribution in [0.1, 0.15) is 0 Å². The second-order valence-electron chi connectivity index (χ2n) is 5.66. The van der Waals surface area contributed by atoms with Crippen molar-refractivity contribution in [1.29, 1.82) is 0 Å². The summed E-state index contributed by atoms with van der Waals surface area (Å²) in [7, 11) is 1.55. The van der Waals surface area contributed by atoms with Crippen LogP contribution in [0.2, 0.25) is 10.0 Å². The number of rotatable bonds is 4. The van der Waals surface area contributed by atoms with Gasteiger partial charge in [0.05, 0.1) is 29.0 Å². The van der Waals surface area contributed by atoms with Gasteiger partial charge in [0.2, 0.25) is 11.7 Å². The third-order valence-corrected chi connectivity index (χ3v) is 4.55. The summed E-state index contributed by atoms with van der Waals surface area (Å²) in [5, 5.41) is 5.25. The van der Waals surface area contributed by atoms with Crippen molar-refractivity contribution in [1.82, 2.24) is 15.1 Å². The molecule has 0 aliphatic heterocycles. The fraction of sp³-hybridized carbons (Fsp3) is 0.0500. The van der Waals surface area contributed by atoms with Crippen molar-refractivity contribution < 1.29 is 9.26 Å². The highest BCUT2D eigenvalue weighted by Gasteiger charge is 2.17. The second kappa shape index (κ2) is 7.39. The third kappa shape index (κ3) is 3.52. The number of hydrogen-bond donors (Lipinski definition) is 0. The van der Waals surface area contributed by atoms with Crippen molar-refractivity contribution in [3.05, 3.63) is 70.7 Å². The summed E-state index contributed by atoms with van der Waals surface area (Å²) in [5.41, 5.74) is 2.97. The molecule has 27 heavy (non-hydrogen) atoms. The largest absolute Gasteiger partial charge is 0.480 e. The smallest absolute Gasteiger partial charge is 0.259 e. The molecule has 0 amide bonds. The summed E-state index contributed by atoms with van der Waals surface area (Å²) in [6.45, 7) is 0. The molecule has 0 atom stereocenters. The number of ether oxygens (including phenoxy) is 1. The van der Waals surface area contributed by atoms with Crippen molar-refractivity contribution >= 4 is 23.2 Å². The predicted octanol–water partition coefficient (Wildman–Crippen LogP) is 5.78. The first-order valence-corrected chi connectivity index (χ1v) is 8.81. The molecule has 0 spiro atoms. The molecule has 2 heterocycles. The molecule has 2 aromatic heterocycles. The van der Waals surface area contributed by atoms with E-state index in [9.17, 15) is 0 Å². The van der Waals surface area contributed by atoms with Gasteiger partial charge in [-0.3, -0.25) is 0 Å². The average Bonchev–Trinajstić information content (AvgIpc) is 3.18. The van der Waals surface area contributed by atoms with Crippen molar-refractivity contribution in [2.24, 2.45) is 0 Å². The Morgan fingerprint density at radius 2 is 1.63 bits per heavy atom. The first-order chi connectivity index (χ1) is 13.2. The quantitative estimate of drug-likeness (QED) is 0.436. The van der Waals surface area contributed by atoms with E-state index < -0.39 is 0 Å². The van der Waals surface area contributed by atoms with Gasteiger partial charge in [-0.1, -0.05) is 52.6 Å². The van der Waals surface area contributed by atoms with E-state index >= 15 is 0 Å². The molecule has 134 valence electrons. The highest BCUT2D eigenvalue weighted by molar-refractivity contribution is 6.33. The fourth-order valence-corrected chi connectivity index (χ4v) is 2.97. The van der Waals surface area contributed by atoms with E-state index in [1.165, 1.54) is 0 Å². The van der Waals surface area contributed by atoms with Crippen LogP contribution in [-0.2, 0) is 0 Å². The van der Waals surface area contributed by atoms with E-state index in [0.29, 0.717) is 38.8 Å². The Hall–Kier alpha value is -2.89. The molecule has 4 rings (SSSR count). The lowest BCUT2D eigenvalue weighted by molar-refractivity contribution is 0.398. The van der Waals surface area contributed by atoms with Gasteiger partial charge in [-0.15, -0.1) is 0 Å². The SMILES string of the molecule is COc1nc(-c2ccc(Cl)cc2)ccc1-c1noc(-c2ccccc2Cl)n1. The van der Waals surface area contributed by atoms with Crippen LogP contribution in [0.5, 0.6) is 5.88 Å². The van der Waals surface area contributed by atoms with Gasteiger partial charge in [0.15, 0.2) is 0 Å². The van der Waals surface area contributed by atoms with E-state index in [-0.39, 0.29) is 0 Å². The van der Waals surface area contributed by atoms with Gasteiger partial charge < -0.3 is 9.26 Å². The number of halogens is 2. The molecule has 0 aliphatic carbocycles. The van der Waals surface area contributed by atoms with Crippen LogP contribution in [0, 0.1) is 0 Å². The molecule has 0 fully saturated rings. The molecule has 2 aromatic carbocycles. The highest BCUT2D eigenvalue weighted by atomic mass is 35.5. The van der Waals surface area contributed by atoms with E-state index in [0.717, 1.165) is 11.3 Å². The number of hydrogen-bond acceptors (Lipinski definition) is 5. The average molecular weight is 398 g/mol. The van der Waals surface area contributed by atoms with Crippen molar-refractivity contribution in [3.63, 3.8) is 0 Å². The van der Waals surface area contributed by atoms with Crippen LogP contribution in [0.25, 0.3) is 34.1 Å². The number of pyridine rings is 1. The van der Waals surface area contributed by atoms with Crippen LogP contribution in [0.3, 0.4) is 0 Å². The minimum atomic E-state index is 0.333. The molecular formula is C20H13Cl2N3O2. The number of aromatic nitrogens is 3. The number of nitrogens with zero attached hydrogens (tertiary/aromatic N) is 3. The summed E-state index contributed by atoms with van der Waals surface area (Å²) < 4.78 is 10.8.